The molecule has 1 aromatic heterocycles. The Bertz CT molecular complexity index is 734. The van der Waals surface area contributed by atoms with Gasteiger partial charge in [0.2, 0.25) is 5.95 Å². The van der Waals surface area contributed by atoms with Crippen molar-refractivity contribution in [3.05, 3.63) is 36.2 Å². The van der Waals surface area contributed by atoms with Crippen LogP contribution < -0.4 is 19.7 Å². The van der Waals surface area contributed by atoms with Gasteiger partial charge in [-0.15, -0.1) is 0 Å². The van der Waals surface area contributed by atoms with E-state index < -0.39 is 0 Å². The minimum absolute atomic E-state index is 0.273. The highest BCUT2D eigenvalue weighted by molar-refractivity contribution is 6.04. The third kappa shape index (κ3) is 4.22. The second-order valence-electron chi connectivity index (χ2n) is 6.50. The molecule has 0 saturated carbocycles. The molecule has 0 radical (unpaired) electrons. The first-order valence-corrected chi connectivity index (χ1v) is 8.70. The van der Waals surface area contributed by atoms with E-state index in [2.05, 4.69) is 27.1 Å². The summed E-state index contributed by atoms with van der Waals surface area (Å²) in [7, 11) is 3.09. The molecule has 1 aliphatic rings. The standard InChI is InChI=1S/C19H24N4O3/c1-13-4-6-23(7-5-13)19-20-11-15(12-21-19)22-18(24)14-8-16(25-2)10-17(9-14)26-3/h8-13H,4-7H2,1-3H3,(H,22,24). The number of benzene rings is 1. The summed E-state index contributed by atoms with van der Waals surface area (Å²) >= 11 is 0. The van der Waals surface area contributed by atoms with Crippen LogP contribution in [0, 0.1) is 5.92 Å². The van der Waals surface area contributed by atoms with Crippen molar-refractivity contribution in [1.29, 1.82) is 0 Å². The summed E-state index contributed by atoms with van der Waals surface area (Å²) in [6.07, 6.45) is 5.57. The van der Waals surface area contributed by atoms with Crippen LogP contribution in [0.2, 0.25) is 0 Å². The van der Waals surface area contributed by atoms with Crippen molar-refractivity contribution in [3.63, 3.8) is 0 Å². The third-order valence-electron chi connectivity index (χ3n) is 4.58. The lowest BCUT2D eigenvalue weighted by molar-refractivity contribution is 0.102. The maximum absolute atomic E-state index is 12.5. The van der Waals surface area contributed by atoms with Gasteiger partial charge in [0.1, 0.15) is 11.5 Å². The summed E-state index contributed by atoms with van der Waals surface area (Å²) in [5.41, 5.74) is 0.987. The first-order valence-electron chi connectivity index (χ1n) is 8.70. The van der Waals surface area contributed by atoms with Crippen LogP contribution in [0.5, 0.6) is 11.5 Å². The Hall–Kier alpha value is -2.83. The molecule has 0 spiro atoms. The third-order valence-corrected chi connectivity index (χ3v) is 4.58. The SMILES string of the molecule is COc1cc(OC)cc(C(=O)Nc2cnc(N3CCC(C)CC3)nc2)c1. The van der Waals surface area contributed by atoms with E-state index in [1.807, 2.05) is 0 Å². The number of aromatic nitrogens is 2. The Morgan fingerprint density at radius 2 is 1.65 bits per heavy atom. The number of methoxy groups -OCH3 is 2. The smallest absolute Gasteiger partial charge is 0.256 e. The number of ether oxygens (including phenoxy) is 2. The van der Waals surface area contributed by atoms with E-state index in [1.165, 1.54) is 0 Å². The van der Waals surface area contributed by atoms with Crippen molar-refractivity contribution in [2.45, 2.75) is 19.8 Å². The van der Waals surface area contributed by atoms with Crippen LogP contribution in [-0.4, -0.2) is 43.2 Å². The van der Waals surface area contributed by atoms with Crippen molar-refractivity contribution < 1.29 is 14.3 Å². The number of carbonyl (C=O) groups is 1. The zero-order valence-electron chi connectivity index (χ0n) is 15.4. The van der Waals surface area contributed by atoms with Gasteiger partial charge in [0.05, 0.1) is 32.3 Å². The number of rotatable bonds is 5. The average Bonchev–Trinajstić information content (AvgIpc) is 2.68. The molecule has 26 heavy (non-hydrogen) atoms. The fraction of sp³-hybridized carbons (Fsp3) is 0.421. The number of nitrogens with zero attached hydrogens (tertiary/aromatic N) is 3. The zero-order chi connectivity index (χ0) is 18.5. The molecule has 1 N–H and O–H groups in total. The fourth-order valence-corrected chi connectivity index (χ4v) is 2.90. The van der Waals surface area contributed by atoms with Gasteiger partial charge in [0.15, 0.2) is 0 Å². The number of carbonyl (C=O) groups excluding carboxylic acids is 1. The largest absolute Gasteiger partial charge is 0.497 e. The van der Waals surface area contributed by atoms with Crippen molar-refractivity contribution in [2.75, 3.05) is 37.5 Å². The molecule has 0 atom stereocenters. The van der Waals surface area contributed by atoms with E-state index in [4.69, 9.17) is 9.47 Å². The lowest BCUT2D eigenvalue weighted by Gasteiger charge is -2.30. The topological polar surface area (TPSA) is 76.6 Å². The molecule has 138 valence electrons. The molecule has 1 saturated heterocycles. The zero-order valence-corrected chi connectivity index (χ0v) is 15.4. The molecule has 2 heterocycles. The summed E-state index contributed by atoms with van der Waals surface area (Å²) in [6.45, 7) is 4.21. The lowest BCUT2D eigenvalue weighted by atomic mass is 10.00. The highest BCUT2D eigenvalue weighted by atomic mass is 16.5. The number of hydrogen-bond donors (Lipinski definition) is 1. The monoisotopic (exact) mass is 356 g/mol. The number of anilines is 2. The molecule has 2 aromatic rings. The Kier molecular flexibility index (Phi) is 5.55. The van der Waals surface area contributed by atoms with E-state index in [0.717, 1.165) is 31.8 Å². The Morgan fingerprint density at radius 1 is 1.08 bits per heavy atom. The maximum Gasteiger partial charge on any atom is 0.256 e. The predicted molar refractivity (Wildman–Crippen MR) is 100 cm³/mol. The summed E-state index contributed by atoms with van der Waals surface area (Å²) < 4.78 is 10.4. The maximum atomic E-state index is 12.5. The molecule has 1 fully saturated rings. The van der Waals surface area contributed by atoms with Crippen LogP contribution >= 0.6 is 0 Å². The van der Waals surface area contributed by atoms with E-state index in [-0.39, 0.29) is 5.91 Å². The predicted octanol–water partition coefficient (Wildman–Crippen LogP) is 2.98. The van der Waals surface area contributed by atoms with Gasteiger partial charge in [-0.25, -0.2) is 9.97 Å². The first-order chi connectivity index (χ1) is 12.6. The van der Waals surface area contributed by atoms with Crippen LogP contribution in [-0.2, 0) is 0 Å². The summed E-state index contributed by atoms with van der Waals surface area (Å²) in [6, 6.07) is 5.03. The number of nitrogens with one attached hydrogen (secondary N) is 1. The normalized spacial score (nSPS) is 14.8. The van der Waals surface area contributed by atoms with Crippen LogP contribution in [0.25, 0.3) is 0 Å². The van der Waals surface area contributed by atoms with E-state index in [0.29, 0.717) is 28.7 Å². The minimum Gasteiger partial charge on any atom is -0.497 e. The van der Waals surface area contributed by atoms with Gasteiger partial charge in [0.25, 0.3) is 5.91 Å². The Balaban J connectivity index is 1.68. The summed E-state index contributed by atoms with van der Waals surface area (Å²) in [5.74, 6) is 2.30. The molecule has 0 aliphatic carbocycles. The second-order valence-corrected chi connectivity index (χ2v) is 6.50. The molecule has 0 unspecified atom stereocenters. The molecule has 1 aromatic carbocycles. The summed E-state index contributed by atoms with van der Waals surface area (Å²) in [5, 5.41) is 2.80. The highest BCUT2D eigenvalue weighted by Crippen LogP contribution is 2.24. The van der Waals surface area contributed by atoms with Gasteiger partial charge in [-0.1, -0.05) is 6.92 Å². The van der Waals surface area contributed by atoms with Crippen molar-refractivity contribution in [1.82, 2.24) is 9.97 Å². The highest BCUT2D eigenvalue weighted by Gasteiger charge is 2.18. The van der Waals surface area contributed by atoms with Crippen molar-refractivity contribution >= 4 is 17.5 Å². The Morgan fingerprint density at radius 3 is 2.19 bits per heavy atom. The van der Waals surface area contributed by atoms with Crippen LogP contribution in [0.4, 0.5) is 11.6 Å². The van der Waals surface area contributed by atoms with Crippen molar-refractivity contribution in [3.8, 4) is 11.5 Å². The molecule has 3 rings (SSSR count). The molecular formula is C19H24N4O3. The molecule has 0 bridgehead atoms. The van der Waals surface area contributed by atoms with Gasteiger partial charge < -0.3 is 19.7 Å². The molecule has 7 heteroatoms. The molecule has 1 amide bonds. The Labute approximate surface area is 153 Å². The molecular weight excluding hydrogens is 332 g/mol. The van der Waals surface area contributed by atoms with Gasteiger partial charge in [0, 0.05) is 24.7 Å². The van der Waals surface area contributed by atoms with Gasteiger partial charge >= 0.3 is 0 Å². The average molecular weight is 356 g/mol. The van der Waals surface area contributed by atoms with Gasteiger partial charge in [-0.3, -0.25) is 4.79 Å². The van der Waals surface area contributed by atoms with Crippen molar-refractivity contribution in [2.24, 2.45) is 5.92 Å². The van der Waals surface area contributed by atoms with E-state index in [1.54, 1.807) is 44.8 Å². The number of amides is 1. The fourth-order valence-electron chi connectivity index (χ4n) is 2.90. The van der Waals surface area contributed by atoms with Crippen LogP contribution in [0.15, 0.2) is 30.6 Å². The van der Waals surface area contributed by atoms with Crippen LogP contribution in [0.3, 0.4) is 0 Å². The lowest BCUT2D eigenvalue weighted by Crippen LogP contribution is -2.34. The van der Waals surface area contributed by atoms with E-state index >= 15 is 0 Å². The quantitative estimate of drug-likeness (QED) is 0.887. The number of piperidine rings is 1. The molecule has 1 aliphatic heterocycles. The second kappa shape index (κ2) is 8.03. The van der Waals surface area contributed by atoms with Gasteiger partial charge in [-0.2, -0.15) is 0 Å². The van der Waals surface area contributed by atoms with Gasteiger partial charge in [-0.05, 0) is 30.9 Å². The summed E-state index contributed by atoms with van der Waals surface area (Å²) in [4.78, 5) is 23.4. The molecule has 7 nitrogen and oxygen atoms in total. The van der Waals surface area contributed by atoms with Crippen LogP contribution in [0.1, 0.15) is 30.1 Å². The minimum atomic E-state index is -0.273. The first kappa shape index (κ1) is 18.0. The van der Waals surface area contributed by atoms with E-state index in [9.17, 15) is 4.79 Å². The number of hydrogen-bond acceptors (Lipinski definition) is 6.